The SMILES string of the molecule is Cc1c(Cl)cccc1N=c1scc(-c2ccco2)n1Cc1ccc2c(c1)OCO2. The van der Waals surface area contributed by atoms with Crippen LogP contribution in [0, 0.1) is 6.92 Å². The summed E-state index contributed by atoms with van der Waals surface area (Å²) in [6.07, 6.45) is 1.68. The first-order valence-corrected chi connectivity index (χ1v) is 10.4. The maximum atomic E-state index is 6.29. The van der Waals surface area contributed by atoms with Gasteiger partial charge in [0.1, 0.15) is 0 Å². The number of aromatic nitrogens is 1. The molecular formula is C22H17ClN2O3S. The van der Waals surface area contributed by atoms with E-state index in [2.05, 4.69) is 9.95 Å². The summed E-state index contributed by atoms with van der Waals surface area (Å²) >= 11 is 7.85. The molecule has 7 heteroatoms. The molecule has 0 aliphatic carbocycles. The Bertz CT molecular complexity index is 1240. The monoisotopic (exact) mass is 424 g/mol. The predicted octanol–water partition coefficient (Wildman–Crippen LogP) is 5.78. The van der Waals surface area contributed by atoms with E-state index in [1.165, 1.54) is 0 Å². The van der Waals surface area contributed by atoms with Gasteiger partial charge in [0.15, 0.2) is 22.1 Å². The molecule has 5 rings (SSSR count). The molecule has 4 aromatic rings. The van der Waals surface area contributed by atoms with Crippen molar-refractivity contribution in [2.24, 2.45) is 4.99 Å². The van der Waals surface area contributed by atoms with E-state index in [0.717, 1.165) is 44.6 Å². The standard InChI is InChI=1S/C22H17ClN2O3S/c1-14-16(23)4-2-5-17(14)24-22-25(18(12-29-22)19-6-3-9-26-19)11-15-7-8-20-21(10-15)28-13-27-20/h2-10,12H,11,13H2,1H3. The summed E-state index contributed by atoms with van der Waals surface area (Å²) in [5.41, 5.74) is 3.86. The fraction of sp³-hybridized carbons (Fsp3) is 0.136. The molecule has 1 aliphatic heterocycles. The van der Waals surface area contributed by atoms with Gasteiger partial charge in [-0.25, -0.2) is 4.99 Å². The van der Waals surface area contributed by atoms with Gasteiger partial charge < -0.3 is 18.5 Å². The minimum absolute atomic E-state index is 0.261. The van der Waals surface area contributed by atoms with Crippen molar-refractivity contribution in [3.8, 4) is 23.0 Å². The zero-order valence-electron chi connectivity index (χ0n) is 15.6. The van der Waals surface area contributed by atoms with Gasteiger partial charge >= 0.3 is 0 Å². The third kappa shape index (κ3) is 3.45. The Balaban J connectivity index is 1.63. The Hall–Kier alpha value is -2.96. The normalized spacial score (nSPS) is 13.2. The van der Waals surface area contributed by atoms with Crippen molar-refractivity contribution < 1.29 is 13.9 Å². The van der Waals surface area contributed by atoms with Gasteiger partial charge in [0.25, 0.3) is 0 Å². The lowest BCUT2D eigenvalue weighted by atomic mass is 10.2. The van der Waals surface area contributed by atoms with Gasteiger partial charge in [-0.3, -0.25) is 0 Å². The minimum atomic E-state index is 0.261. The van der Waals surface area contributed by atoms with Crippen molar-refractivity contribution >= 4 is 28.6 Å². The molecule has 3 heterocycles. The smallest absolute Gasteiger partial charge is 0.231 e. The van der Waals surface area contributed by atoms with Gasteiger partial charge in [0, 0.05) is 10.4 Å². The van der Waals surface area contributed by atoms with Crippen LogP contribution in [0.15, 0.2) is 69.6 Å². The van der Waals surface area contributed by atoms with Crippen LogP contribution in [0.3, 0.4) is 0 Å². The molecule has 2 aromatic heterocycles. The van der Waals surface area contributed by atoms with Gasteiger partial charge in [-0.05, 0) is 54.4 Å². The van der Waals surface area contributed by atoms with E-state index < -0.39 is 0 Å². The van der Waals surface area contributed by atoms with Crippen LogP contribution in [-0.4, -0.2) is 11.4 Å². The van der Waals surface area contributed by atoms with E-state index in [4.69, 9.17) is 30.5 Å². The first kappa shape index (κ1) is 18.1. The molecule has 0 amide bonds. The molecule has 0 saturated carbocycles. The zero-order valence-corrected chi connectivity index (χ0v) is 17.2. The summed E-state index contributed by atoms with van der Waals surface area (Å²) in [7, 11) is 0. The lowest BCUT2D eigenvalue weighted by molar-refractivity contribution is 0.174. The number of furan rings is 1. The summed E-state index contributed by atoms with van der Waals surface area (Å²) in [6.45, 7) is 2.86. The molecule has 0 N–H and O–H groups in total. The topological polar surface area (TPSA) is 48.9 Å². The Morgan fingerprint density at radius 3 is 2.86 bits per heavy atom. The predicted molar refractivity (Wildman–Crippen MR) is 113 cm³/mol. The van der Waals surface area contributed by atoms with Gasteiger partial charge in [-0.15, -0.1) is 11.3 Å². The van der Waals surface area contributed by atoms with Crippen LogP contribution in [0.2, 0.25) is 5.02 Å². The Labute approximate surface area is 176 Å². The second-order valence-corrected chi connectivity index (χ2v) is 7.89. The van der Waals surface area contributed by atoms with Crippen molar-refractivity contribution in [3.05, 3.63) is 81.1 Å². The van der Waals surface area contributed by atoms with E-state index in [-0.39, 0.29) is 6.79 Å². The number of thiazole rings is 1. The van der Waals surface area contributed by atoms with Crippen LogP contribution in [0.4, 0.5) is 5.69 Å². The van der Waals surface area contributed by atoms with Gasteiger partial charge in [0.2, 0.25) is 6.79 Å². The number of fused-ring (bicyclic) bond motifs is 1. The lowest BCUT2D eigenvalue weighted by Gasteiger charge is -2.09. The summed E-state index contributed by atoms with van der Waals surface area (Å²) in [5, 5.41) is 2.77. The molecule has 0 radical (unpaired) electrons. The molecule has 0 spiro atoms. The van der Waals surface area contributed by atoms with E-state index in [1.54, 1.807) is 17.6 Å². The van der Waals surface area contributed by atoms with E-state index in [9.17, 15) is 0 Å². The number of hydrogen-bond acceptors (Lipinski definition) is 5. The van der Waals surface area contributed by atoms with Gasteiger partial charge in [-0.2, -0.15) is 0 Å². The zero-order chi connectivity index (χ0) is 19.8. The number of benzene rings is 2. The molecule has 1 aliphatic rings. The highest BCUT2D eigenvalue weighted by Crippen LogP contribution is 2.33. The molecule has 0 atom stereocenters. The number of ether oxygens (including phenoxy) is 2. The van der Waals surface area contributed by atoms with Crippen LogP contribution in [0.1, 0.15) is 11.1 Å². The van der Waals surface area contributed by atoms with Crippen LogP contribution < -0.4 is 14.3 Å². The number of nitrogens with zero attached hydrogens (tertiary/aromatic N) is 2. The second-order valence-electron chi connectivity index (χ2n) is 6.65. The quantitative estimate of drug-likeness (QED) is 0.417. The highest BCUT2D eigenvalue weighted by Gasteiger charge is 2.16. The largest absolute Gasteiger partial charge is 0.463 e. The summed E-state index contributed by atoms with van der Waals surface area (Å²) in [4.78, 5) is 5.76. The average molecular weight is 425 g/mol. The lowest BCUT2D eigenvalue weighted by Crippen LogP contribution is -2.16. The number of rotatable bonds is 4. The fourth-order valence-corrected chi connectivity index (χ4v) is 4.31. The van der Waals surface area contributed by atoms with Crippen molar-refractivity contribution in [2.75, 3.05) is 6.79 Å². The van der Waals surface area contributed by atoms with E-state index in [1.807, 2.05) is 55.5 Å². The maximum Gasteiger partial charge on any atom is 0.231 e. The third-order valence-corrected chi connectivity index (χ3v) is 6.08. The molecule has 5 nitrogen and oxygen atoms in total. The molecule has 0 bridgehead atoms. The number of halogens is 1. The van der Waals surface area contributed by atoms with Crippen LogP contribution in [0.5, 0.6) is 11.5 Å². The molecule has 2 aromatic carbocycles. The van der Waals surface area contributed by atoms with E-state index >= 15 is 0 Å². The van der Waals surface area contributed by atoms with Crippen LogP contribution >= 0.6 is 22.9 Å². The highest BCUT2D eigenvalue weighted by molar-refractivity contribution is 7.07. The van der Waals surface area contributed by atoms with Crippen molar-refractivity contribution in [2.45, 2.75) is 13.5 Å². The minimum Gasteiger partial charge on any atom is -0.463 e. The average Bonchev–Trinajstić information content (AvgIpc) is 3.47. The summed E-state index contributed by atoms with van der Waals surface area (Å²) in [5.74, 6) is 2.34. The molecule has 146 valence electrons. The Kier molecular flexibility index (Phi) is 4.66. The first-order valence-electron chi connectivity index (χ1n) is 9.09. The van der Waals surface area contributed by atoms with Gasteiger partial charge in [0.05, 0.1) is 24.2 Å². The molecule has 0 saturated heterocycles. The Morgan fingerprint density at radius 2 is 2.00 bits per heavy atom. The van der Waals surface area contributed by atoms with Crippen molar-refractivity contribution in [3.63, 3.8) is 0 Å². The molecule has 0 unspecified atom stereocenters. The first-order chi connectivity index (χ1) is 14.2. The second kappa shape index (κ2) is 7.46. The Morgan fingerprint density at radius 1 is 1.10 bits per heavy atom. The summed E-state index contributed by atoms with van der Waals surface area (Å²) in [6, 6.07) is 15.6. The molecule has 29 heavy (non-hydrogen) atoms. The molecule has 0 fully saturated rings. The van der Waals surface area contributed by atoms with Gasteiger partial charge in [-0.1, -0.05) is 23.7 Å². The molecular weight excluding hydrogens is 408 g/mol. The highest BCUT2D eigenvalue weighted by atomic mass is 35.5. The third-order valence-electron chi connectivity index (χ3n) is 4.80. The fourth-order valence-electron chi connectivity index (χ4n) is 3.24. The van der Waals surface area contributed by atoms with Crippen molar-refractivity contribution in [1.82, 2.24) is 4.57 Å². The summed E-state index contributed by atoms with van der Waals surface area (Å²) < 4.78 is 18.8. The maximum absolute atomic E-state index is 6.29. The van der Waals surface area contributed by atoms with Crippen molar-refractivity contribution in [1.29, 1.82) is 0 Å². The number of hydrogen-bond donors (Lipinski definition) is 0. The van der Waals surface area contributed by atoms with Crippen LogP contribution in [-0.2, 0) is 6.54 Å². The van der Waals surface area contributed by atoms with E-state index in [0.29, 0.717) is 11.6 Å². The van der Waals surface area contributed by atoms with Crippen LogP contribution in [0.25, 0.3) is 11.5 Å².